The van der Waals surface area contributed by atoms with E-state index in [9.17, 15) is 14.4 Å². The Balaban J connectivity index is 1.31. The first-order valence-corrected chi connectivity index (χ1v) is 10.7. The summed E-state index contributed by atoms with van der Waals surface area (Å²) in [5.41, 5.74) is 1.55. The number of ether oxygens (including phenoxy) is 1. The lowest BCUT2D eigenvalue weighted by Crippen LogP contribution is -2.49. The van der Waals surface area contributed by atoms with Gasteiger partial charge in [0, 0.05) is 5.56 Å². The van der Waals surface area contributed by atoms with Crippen LogP contribution in [-0.4, -0.2) is 39.9 Å². The van der Waals surface area contributed by atoms with Gasteiger partial charge in [-0.05, 0) is 50.7 Å². The summed E-state index contributed by atoms with van der Waals surface area (Å²) in [4.78, 5) is 42.8. The van der Waals surface area contributed by atoms with Crippen LogP contribution in [0.2, 0.25) is 0 Å². The van der Waals surface area contributed by atoms with Crippen LogP contribution in [0.1, 0.15) is 50.3 Å². The minimum Gasteiger partial charge on any atom is -0.458 e. The van der Waals surface area contributed by atoms with Gasteiger partial charge in [-0.15, -0.1) is 0 Å². The van der Waals surface area contributed by atoms with Crippen molar-refractivity contribution >= 4 is 17.9 Å². The molecule has 1 aliphatic carbocycles. The van der Waals surface area contributed by atoms with Gasteiger partial charge in [-0.2, -0.15) is 0 Å². The standard InChI is InChI=1S/C23H27N3O5/c1-3-16-8-10-23(11-9-16)21(28)26(22(29)25-23)12-19(27)30-13-18-14-31-20(24-18)17-6-4-15(2)5-7-17/h4-7,14,16H,3,8-13H2,1-2H3,(H,25,29). The molecule has 1 N–H and O–H groups in total. The van der Waals surface area contributed by atoms with Crippen LogP contribution in [0.5, 0.6) is 0 Å². The number of imide groups is 1. The van der Waals surface area contributed by atoms with Crippen LogP contribution in [0, 0.1) is 12.8 Å². The van der Waals surface area contributed by atoms with Gasteiger partial charge in [-0.1, -0.05) is 31.0 Å². The van der Waals surface area contributed by atoms with Crippen molar-refractivity contribution in [1.29, 1.82) is 0 Å². The Labute approximate surface area is 181 Å². The van der Waals surface area contributed by atoms with Crippen molar-refractivity contribution in [3.05, 3.63) is 41.8 Å². The maximum absolute atomic E-state index is 12.9. The van der Waals surface area contributed by atoms with Crippen LogP contribution in [0.4, 0.5) is 4.79 Å². The predicted molar refractivity (Wildman–Crippen MR) is 112 cm³/mol. The summed E-state index contributed by atoms with van der Waals surface area (Å²) < 4.78 is 10.7. The van der Waals surface area contributed by atoms with Gasteiger partial charge in [-0.3, -0.25) is 14.5 Å². The quantitative estimate of drug-likeness (QED) is 0.561. The topological polar surface area (TPSA) is 102 Å². The summed E-state index contributed by atoms with van der Waals surface area (Å²) in [6.45, 7) is 3.62. The zero-order valence-corrected chi connectivity index (χ0v) is 17.8. The number of carbonyl (C=O) groups excluding carboxylic acids is 3. The normalized spacial score (nSPS) is 23.3. The molecule has 2 aromatic rings. The van der Waals surface area contributed by atoms with Gasteiger partial charge in [0.05, 0.1) is 0 Å². The molecule has 31 heavy (non-hydrogen) atoms. The van der Waals surface area contributed by atoms with E-state index in [0.717, 1.165) is 35.3 Å². The molecule has 2 aliphatic rings. The van der Waals surface area contributed by atoms with Gasteiger partial charge in [0.1, 0.15) is 30.6 Å². The monoisotopic (exact) mass is 425 g/mol. The first kappa shape index (κ1) is 21.1. The Kier molecular flexibility index (Phi) is 5.80. The molecule has 1 saturated heterocycles. The fraction of sp³-hybridized carbons (Fsp3) is 0.478. The molecular formula is C23H27N3O5. The van der Waals surface area contributed by atoms with Crippen molar-refractivity contribution in [2.75, 3.05) is 6.54 Å². The number of oxazole rings is 1. The second-order valence-electron chi connectivity index (χ2n) is 8.43. The number of hydrogen-bond donors (Lipinski definition) is 1. The van der Waals surface area contributed by atoms with Crippen LogP contribution in [0.15, 0.2) is 34.9 Å². The van der Waals surface area contributed by atoms with Crippen molar-refractivity contribution in [1.82, 2.24) is 15.2 Å². The number of nitrogens with one attached hydrogen (secondary N) is 1. The van der Waals surface area contributed by atoms with Gasteiger partial charge in [0.2, 0.25) is 5.89 Å². The Morgan fingerprint density at radius 1 is 1.26 bits per heavy atom. The first-order chi connectivity index (χ1) is 14.9. The predicted octanol–water partition coefficient (Wildman–Crippen LogP) is 3.58. The number of carbonyl (C=O) groups is 3. The third-order valence-electron chi connectivity index (χ3n) is 6.30. The minimum atomic E-state index is -0.863. The molecule has 0 radical (unpaired) electrons. The maximum atomic E-state index is 12.9. The molecule has 1 saturated carbocycles. The average Bonchev–Trinajstić information content (AvgIpc) is 3.33. The van der Waals surface area contributed by atoms with E-state index in [4.69, 9.17) is 9.15 Å². The molecule has 3 amide bonds. The van der Waals surface area contributed by atoms with Crippen molar-refractivity contribution < 1.29 is 23.5 Å². The van der Waals surface area contributed by atoms with Gasteiger partial charge in [0.25, 0.3) is 5.91 Å². The fourth-order valence-corrected chi connectivity index (χ4v) is 4.27. The molecule has 1 aliphatic heterocycles. The van der Waals surface area contributed by atoms with Crippen LogP contribution < -0.4 is 5.32 Å². The van der Waals surface area contributed by atoms with E-state index in [0.29, 0.717) is 30.3 Å². The Bertz CT molecular complexity index is 973. The minimum absolute atomic E-state index is 0.0961. The van der Waals surface area contributed by atoms with Gasteiger partial charge in [-0.25, -0.2) is 9.78 Å². The zero-order chi connectivity index (χ0) is 22.0. The lowest BCUT2D eigenvalue weighted by molar-refractivity contribution is -0.149. The molecule has 4 rings (SSSR count). The zero-order valence-electron chi connectivity index (χ0n) is 17.8. The summed E-state index contributed by atoms with van der Waals surface area (Å²) in [6, 6.07) is 7.19. The molecule has 1 aromatic carbocycles. The largest absolute Gasteiger partial charge is 0.458 e. The summed E-state index contributed by atoms with van der Waals surface area (Å²) in [5, 5.41) is 2.82. The molecule has 0 bridgehead atoms. The van der Waals surface area contributed by atoms with Crippen LogP contribution in [-0.2, 0) is 20.9 Å². The highest BCUT2D eigenvalue weighted by Gasteiger charge is 2.52. The summed E-state index contributed by atoms with van der Waals surface area (Å²) in [7, 11) is 0. The van der Waals surface area contributed by atoms with E-state index in [1.165, 1.54) is 6.26 Å². The highest BCUT2D eigenvalue weighted by Crippen LogP contribution is 2.37. The molecule has 2 fully saturated rings. The van der Waals surface area contributed by atoms with Gasteiger partial charge in [0.15, 0.2) is 0 Å². The lowest BCUT2D eigenvalue weighted by atomic mass is 9.75. The Morgan fingerprint density at radius 2 is 1.97 bits per heavy atom. The Morgan fingerprint density at radius 3 is 2.65 bits per heavy atom. The number of aryl methyl sites for hydroxylation is 1. The van der Waals surface area contributed by atoms with Crippen LogP contribution in [0.25, 0.3) is 11.5 Å². The number of benzene rings is 1. The summed E-state index contributed by atoms with van der Waals surface area (Å²) >= 11 is 0. The van der Waals surface area contributed by atoms with Crippen molar-refractivity contribution in [3.63, 3.8) is 0 Å². The number of nitrogens with zero attached hydrogens (tertiary/aromatic N) is 2. The first-order valence-electron chi connectivity index (χ1n) is 10.7. The lowest BCUT2D eigenvalue weighted by Gasteiger charge is -2.34. The second-order valence-corrected chi connectivity index (χ2v) is 8.43. The third kappa shape index (κ3) is 4.33. The average molecular weight is 425 g/mol. The number of amides is 3. The molecule has 2 heterocycles. The van der Waals surface area contributed by atoms with E-state index in [-0.39, 0.29) is 12.5 Å². The number of rotatable bonds is 6. The van der Waals surface area contributed by atoms with E-state index in [1.54, 1.807) is 0 Å². The molecule has 0 atom stereocenters. The van der Waals surface area contributed by atoms with Crippen molar-refractivity contribution in [3.8, 4) is 11.5 Å². The summed E-state index contributed by atoms with van der Waals surface area (Å²) in [5.74, 6) is 0.0288. The Hall–Kier alpha value is -3.16. The van der Waals surface area contributed by atoms with Gasteiger partial charge >= 0.3 is 12.0 Å². The summed E-state index contributed by atoms with van der Waals surface area (Å²) in [6.07, 6.45) is 5.52. The molecule has 8 heteroatoms. The molecule has 1 aromatic heterocycles. The number of esters is 1. The van der Waals surface area contributed by atoms with E-state index >= 15 is 0 Å². The third-order valence-corrected chi connectivity index (χ3v) is 6.30. The molecular weight excluding hydrogens is 398 g/mol. The van der Waals surface area contributed by atoms with E-state index in [1.807, 2.05) is 31.2 Å². The number of aromatic nitrogens is 1. The second kappa shape index (κ2) is 8.53. The molecule has 1 spiro atoms. The van der Waals surface area contributed by atoms with Crippen LogP contribution in [0.3, 0.4) is 0 Å². The molecule has 0 unspecified atom stereocenters. The highest BCUT2D eigenvalue weighted by atomic mass is 16.5. The van der Waals surface area contributed by atoms with Gasteiger partial charge < -0.3 is 14.5 Å². The fourth-order valence-electron chi connectivity index (χ4n) is 4.27. The van der Waals surface area contributed by atoms with Crippen molar-refractivity contribution in [2.24, 2.45) is 5.92 Å². The SMILES string of the molecule is CCC1CCC2(CC1)NC(=O)N(CC(=O)OCc1coc(-c3ccc(C)cc3)n1)C2=O. The van der Waals surface area contributed by atoms with E-state index < -0.39 is 24.1 Å². The molecule has 164 valence electrons. The molecule has 8 nitrogen and oxygen atoms in total. The van der Waals surface area contributed by atoms with Crippen LogP contribution >= 0.6 is 0 Å². The number of urea groups is 1. The van der Waals surface area contributed by atoms with E-state index in [2.05, 4.69) is 17.2 Å². The maximum Gasteiger partial charge on any atom is 0.326 e. The highest BCUT2D eigenvalue weighted by molar-refractivity contribution is 6.08. The van der Waals surface area contributed by atoms with Crippen molar-refractivity contribution in [2.45, 2.75) is 58.1 Å². The smallest absolute Gasteiger partial charge is 0.326 e. The number of hydrogen-bond acceptors (Lipinski definition) is 6.